The van der Waals surface area contributed by atoms with Gasteiger partial charge in [0.2, 0.25) is 0 Å². The number of nitrogens with zero attached hydrogens (tertiary/aromatic N) is 2. The van der Waals surface area contributed by atoms with Gasteiger partial charge in [0, 0.05) is 50.1 Å². The number of rotatable bonds is 7. The molecule has 0 atom stereocenters. The molecule has 0 aromatic heterocycles. The molecule has 0 saturated carbocycles. The lowest BCUT2D eigenvalue weighted by atomic mass is 10.1. The van der Waals surface area contributed by atoms with Gasteiger partial charge in [-0.2, -0.15) is 0 Å². The Morgan fingerprint density at radius 3 is 2.21 bits per heavy atom. The summed E-state index contributed by atoms with van der Waals surface area (Å²) < 4.78 is 17.1. The molecule has 6 heteroatoms. The topological polar surface area (TPSA) is 34.2 Å². The van der Waals surface area contributed by atoms with Crippen LogP contribution in [0.25, 0.3) is 0 Å². The number of anilines is 1. The number of hydrogen-bond acceptors (Lipinski definition) is 5. The van der Waals surface area contributed by atoms with Gasteiger partial charge in [-0.3, -0.25) is 0 Å². The fourth-order valence-corrected chi connectivity index (χ4v) is 3.87. The van der Waals surface area contributed by atoms with Gasteiger partial charge in [-0.1, -0.05) is 12.6 Å². The van der Waals surface area contributed by atoms with Crippen molar-refractivity contribution in [3.8, 4) is 17.2 Å². The highest BCUT2D eigenvalue weighted by molar-refractivity contribution is 9.10. The van der Waals surface area contributed by atoms with E-state index in [4.69, 9.17) is 14.2 Å². The van der Waals surface area contributed by atoms with Crippen LogP contribution in [0.5, 0.6) is 17.2 Å². The molecule has 5 nitrogen and oxygen atoms in total. The van der Waals surface area contributed by atoms with E-state index in [1.54, 1.807) is 21.3 Å². The summed E-state index contributed by atoms with van der Waals surface area (Å²) in [5, 5.41) is 0. The Morgan fingerprint density at radius 2 is 1.57 bits per heavy atom. The monoisotopic (exact) mass is 446 g/mol. The minimum atomic E-state index is 0.746. The van der Waals surface area contributed by atoms with E-state index < -0.39 is 0 Å². The van der Waals surface area contributed by atoms with Crippen molar-refractivity contribution >= 4 is 21.6 Å². The number of benzene rings is 2. The molecule has 3 rings (SSSR count). The Morgan fingerprint density at radius 1 is 0.893 bits per heavy atom. The molecule has 1 saturated heterocycles. The molecule has 0 aliphatic carbocycles. The van der Waals surface area contributed by atoms with Gasteiger partial charge >= 0.3 is 0 Å². The van der Waals surface area contributed by atoms with Crippen molar-refractivity contribution in [2.24, 2.45) is 0 Å². The highest BCUT2D eigenvalue weighted by Crippen LogP contribution is 2.31. The van der Waals surface area contributed by atoms with Crippen LogP contribution in [0.1, 0.15) is 5.56 Å². The molecule has 150 valence electrons. The van der Waals surface area contributed by atoms with Gasteiger partial charge in [0.1, 0.15) is 5.75 Å². The first kappa shape index (κ1) is 20.4. The molecule has 0 bridgehead atoms. The van der Waals surface area contributed by atoms with Crippen LogP contribution in [-0.2, 0) is 6.42 Å². The van der Waals surface area contributed by atoms with E-state index >= 15 is 0 Å². The summed E-state index contributed by atoms with van der Waals surface area (Å²) >= 11 is 3.51. The second-order valence-corrected chi connectivity index (χ2v) is 7.58. The first-order chi connectivity index (χ1) is 13.5. The highest BCUT2D eigenvalue weighted by atomic mass is 79.9. The molecule has 0 N–H and O–H groups in total. The zero-order chi connectivity index (χ0) is 20.1. The maximum absolute atomic E-state index is 5.42. The molecule has 0 radical (unpaired) electrons. The molecular formula is C22H27BrN2O3. The van der Waals surface area contributed by atoms with E-state index in [-0.39, 0.29) is 0 Å². The Hall–Kier alpha value is -2.34. The lowest BCUT2D eigenvalue weighted by Gasteiger charge is -2.38. The number of piperazine rings is 1. The zero-order valence-corrected chi connectivity index (χ0v) is 18.3. The van der Waals surface area contributed by atoms with Crippen molar-refractivity contribution in [1.29, 1.82) is 0 Å². The van der Waals surface area contributed by atoms with Crippen LogP contribution in [-0.4, -0.2) is 52.4 Å². The first-order valence-corrected chi connectivity index (χ1v) is 10.1. The van der Waals surface area contributed by atoms with Crippen LogP contribution in [0.2, 0.25) is 0 Å². The van der Waals surface area contributed by atoms with E-state index in [1.807, 2.05) is 18.2 Å². The minimum absolute atomic E-state index is 0.746. The molecule has 1 fully saturated rings. The van der Waals surface area contributed by atoms with Crippen molar-refractivity contribution in [3.05, 3.63) is 58.7 Å². The average Bonchev–Trinajstić information content (AvgIpc) is 2.74. The Labute approximate surface area is 175 Å². The van der Waals surface area contributed by atoms with Crippen LogP contribution in [0.15, 0.2) is 53.1 Å². The van der Waals surface area contributed by atoms with E-state index in [0.717, 1.165) is 60.0 Å². The van der Waals surface area contributed by atoms with E-state index in [9.17, 15) is 0 Å². The Balaban J connectivity index is 1.59. The van der Waals surface area contributed by atoms with E-state index in [2.05, 4.69) is 50.5 Å². The van der Waals surface area contributed by atoms with Crippen molar-refractivity contribution in [2.75, 3.05) is 52.4 Å². The van der Waals surface area contributed by atoms with Gasteiger partial charge in [0.05, 0.1) is 25.8 Å². The number of allylic oxidation sites excluding steroid dienone is 1. The average molecular weight is 447 g/mol. The molecule has 2 aromatic rings. The molecule has 0 spiro atoms. The predicted octanol–water partition coefficient (Wildman–Crippen LogP) is 4.35. The van der Waals surface area contributed by atoms with Gasteiger partial charge < -0.3 is 24.0 Å². The zero-order valence-electron chi connectivity index (χ0n) is 16.7. The fourth-order valence-electron chi connectivity index (χ4n) is 3.46. The summed E-state index contributed by atoms with van der Waals surface area (Å²) in [7, 11) is 5.00. The standard InChI is InChI=1S/C22H27BrN2O3/c1-16(13-17-5-8-20(26-2)22(14-17)28-4)24-9-11-25(12-10-24)18-6-7-19(23)21(15-18)27-3/h5-8,14-15H,1,9-13H2,2-4H3. The second-order valence-electron chi connectivity index (χ2n) is 6.73. The summed E-state index contributed by atoms with van der Waals surface area (Å²) in [6.45, 7) is 8.12. The number of hydrogen-bond donors (Lipinski definition) is 0. The van der Waals surface area contributed by atoms with Crippen LogP contribution >= 0.6 is 15.9 Å². The summed E-state index contributed by atoms with van der Waals surface area (Å²) in [6, 6.07) is 12.3. The number of ether oxygens (including phenoxy) is 3. The Kier molecular flexibility index (Phi) is 6.73. The maximum Gasteiger partial charge on any atom is 0.160 e. The van der Waals surface area contributed by atoms with Crippen LogP contribution in [0.3, 0.4) is 0 Å². The van der Waals surface area contributed by atoms with Crippen LogP contribution in [0.4, 0.5) is 5.69 Å². The van der Waals surface area contributed by atoms with Crippen molar-refractivity contribution < 1.29 is 14.2 Å². The third-order valence-electron chi connectivity index (χ3n) is 5.08. The van der Waals surface area contributed by atoms with Crippen molar-refractivity contribution in [1.82, 2.24) is 4.90 Å². The van der Waals surface area contributed by atoms with Crippen LogP contribution < -0.4 is 19.1 Å². The maximum atomic E-state index is 5.42. The summed E-state index contributed by atoms with van der Waals surface area (Å²) in [4.78, 5) is 4.75. The highest BCUT2D eigenvalue weighted by Gasteiger charge is 2.19. The van der Waals surface area contributed by atoms with Gasteiger partial charge in [-0.05, 0) is 45.8 Å². The molecular weight excluding hydrogens is 420 g/mol. The fraction of sp³-hybridized carbons (Fsp3) is 0.364. The Bertz CT molecular complexity index is 833. The lowest BCUT2D eigenvalue weighted by molar-refractivity contribution is 0.316. The SMILES string of the molecule is C=C(Cc1ccc(OC)c(OC)c1)N1CCN(c2ccc(Br)c(OC)c2)CC1. The molecule has 28 heavy (non-hydrogen) atoms. The third-order valence-corrected chi connectivity index (χ3v) is 5.74. The lowest BCUT2D eigenvalue weighted by Crippen LogP contribution is -2.46. The summed E-state index contributed by atoms with van der Waals surface area (Å²) in [5.41, 5.74) is 3.48. The molecule has 2 aromatic carbocycles. The minimum Gasteiger partial charge on any atom is -0.495 e. The first-order valence-electron chi connectivity index (χ1n) is 9.27. The molecule has 1 aliphatic rings. The van der Waals surface area contributed by atoms with E-state index in [1.165, 1.54) is 11.3 Å². The second kappa shape index (κ2) is 9.24. The van der Waals surface area contributed by atoms with Crippen LogP contribution in [0, 0.1) is 0 Å². The van der Waals surface area contributed by atoms with E-state index in [0.29, 0.717) is 0 Å². The summed E-state index contributed by atoms with van der Waals surface area (Å²) in [5.74, 6) is 2.36. The van der Waals surface area contributed by atoms with Crippen molar-refractivity contribution in [3.63, 3.8) is 0 Å². The molecule has 1 heterocycles. The van der Waals surface area contributed by atoms with Crippen molar-refractivity contribution in [2.45, 2.75) is 6.42 Å². The molecule has 1 aliphatic heterocycles. The molecule has 0 amide bonds. The smallest absolute Gasteiger partial charge is 0.160 e. The number of methoxy groups -OCH3 is 3. The largest absolute Gasteiger partial charge is 0.495 e. The molecule has 0 unspecified atom stereocenters. The van der Waals surface area contributed by atoms with Gasteiger partial charge in [0.25, 0.3) is 0 Å². The number of halogens is 1. The normalized spacial score (nSPS) is 14.0. The van der Waals surface area contributed by atoms with Gasteiger partial charge in [0.15, 0.2) is 11.5 Å². The quantitative estimate of drug-likeness (QED) is 0.631. The summed E-state index contributed by atoms with van der Waals surface area (Å²) in [6.07, 6.45) is 0.798. The van der Waals surface area contributed by atoms with Gasteiger partial charge in [-0.25, -0.2) is 0 Å². The van der Waals surface area contributed by atoms with Gasteiger partial charge in [-0.15, -0.1) is 0 Å². The predicted molar refractivity (Wildman–Crippen MR) is 117 cm³/mol. The third kappa shape index (κ3) is 4.55.